The molecule has 6 heterocycles. The number of halogens is 1. The maximum Gasteiger partial charge on any atom is 0.472 e. The van der Waals surface area contributed by atoms with Crippen molar-refractivity contribution in [3.63, 3.8) is 0 Å². The molecule has 21 heteroatoms. The van der Waals surface area contributed by atoms with E-state index in [9.17, 15) is 29.3 Å². The summed E-state index contributed by atoms with van der Waals surface area (Å²) >= 11 is 0. The number of phosphoric ester groups is 1. The third-order valence-electron chi connectivity index (χ3n) is 7.24. The smallest absolute Gasteiger partial charge is 0.390 e. The summed E-state index contributed by atoms with van der Waals surface area (Å²) in [5, 5.41) is 20.6. The third kappa shape index (κ3) is 4.18. The molecular weight excluding hydrogens is 576 g/mol. The number of aromatic amines is 2. The fourth-order valence-electron chi connectivity index (χ4n) is 5.21. The lowest BCUT2D eigenvalue weighted by atomic mass is 10.1. The largest absolute Gasteiger partial charge is 0.472 e. The molecule has 3 fully saturated rings. The molecule has 3 unspecified atom stereocenters. The van der Waals surface area contributed by atoms with Crippen LogP contribution in [0.2, 0.25) is 0 Å². The van der Waals surface area contributed by atoms with E-state index in [0.717, 1.165) is 17.2 Å². The summed E-state index contributed by atoms with van der Waals surface area (Å²) in [6.07, 6.45) is -7.43. The monoisotopic (exact) mass is 597 g/mol. The number of hydrogen-bond acceptors (Lipinski definition) is 14. The summed E-state index contributed by atoms with van der Waals surface area (Å²) in [6.45, 7) is -0.775. The number of nitrogen functional groups attached to an aromatic ring is 1. The number of aromatic nitrogens is 8. The van der Waals surface area contributed by atoms with E-state index in [1.165, 1.54) is 10.9 Å². The number of imidazole rings is 2. The molecule has 218 valence electrons. The van der Waals surface area contributed by atoms with Crippen molar-refractivity contribution in [2.45, 2.75) is 49.1 Å². The van der Waals surface area contributed by atoms with Crippen LogP contribution in [0.4, 0.5) is 10.3 Å². The average molecular weight is 597 g/mol. The SMILES string of the molecule is Nc1nc2c(ncn2[C@@H]2O[C@@H]3C(O)C3[C@H]2OP(=O)(O)OC[C@H]2O[C@H](n3cnc4c(=O)[nH]cnc43)[C@@H](F)[C@@H]2O)c(=O)[nH]1. The number of nitrogens with two attached hydrogens (primary N) is 1. The molecule has 7 rings (SSSR count). The summed E-state index contributed by atoms with van der Waals surface area (Å²) in [4.78, 5) is 55.1. The first-order valence-corrected chi connectivity index (χ1v) is 13.6. The molecular formula is C20H21FN9O10P. The first kappa shape index (κ1) is 26.3. The second-order valence-electron chi connectivity index (χ2n) is 9.72. The predicted octanol–water partition coefficient (Wildman–Crippen LogP) is -2.18. The van der Waals surface area contributed by atoms with Crippen LogP contribution in [-0.2, 0) is 23.1 Å². The zero-order valence-electron chi connectivity index (χ0n) is 20.4. The second-order valence-corrected chi connectivity index (χ2v) is 11.1. The highest BCUT2D eigenvalue weighted by atomic mass is 31.2. The highest BCUT2D eigenvalue weighted by molar-refractivity contribution is 7.47. The maximum atomic E-state index is 15.0. The van der Waals surface area contributed by atoms with Crippen molar-refractivity contribution in [3.05, 3.63) is 39.7 Å². The van der Waals surface area contributed by atoms with Gasteiger partial charge in [-0.25, -0.2) is 23.9 Å². The molecule has 2 saturated heterocycles. The summed E-state index contributed by atoms with van der Waals surface area (Å²) in [5.74, 6) is -0.925. The Kier molecular flexibility index (Phi) is 5.89. The molecule has 4 aromatic rings. The average Bonchev–Trinajstić information content (AvgIpc) is 3.40. The van der Waals surface area contributed by atoms with Gasteiger partial charge >= 0.3 is 7.82 Å². The van der Waals surface area contributed by atoms with E-state index < -0.39 is 80.6 Å². The number of fused-ring (bicyclic) bond motifs is 3. The lowest BCUT2D eigenvalue weighted by Gasteiger charge is -2.26. The summed E-state index contributed by atoms with van der Waals surface area (Å²) in [7, 11) is -4.95. The highest BCUT2D eigenvalue weighted by Gasteiger charge is 2.66. The van der Waals surface area contributed by atoms with Gasteiger partial charge in [0.15, 0.2) is 41.0 Å². The number of ether oxygens (including phenoxy) is 2. The summed E-state index contributed by atoms with van der Waals surface area (Å²) in [5.41, 5.74) is 4.32. The molecule has 4 aromatic heterocycles. The normalized spacial score (nSPS) is 34.3. The number of nitrogens with zero attached hydrogens (tertiary/aromatic N) is 6. The van der Waals surface area contributed by atoms with Crippen LogP contribution in [0.15, 0.2) is 28.6 Å². The molecule has 3 aliphatic rings. The number of rotatable bonds is 7. The van der Waals surface area contributed by atoms with Crippen molar-refractivity contribution >= 4 is 36.1 Å². The van der Waals surface area contributed by atoms with Crippen LogP contribution in [-0.4, -0.2) is 97.4 Å². The Morgan fingerprint density at radius 3 is 2.51 bits per heavy atom. The topological polar surface area (TPSA) is 268 Å². The van der Waals surface area contributed by atoms with Gasteiger partial charge in [0.1, 0.15) is 18.3 Å². The van der Waals surface area contributed by atoms with Crippen molar-refractivity contribution in [2.24, 2.45) is 5.92 Å². The van der Waals surface area contributed by atoms with E-state index in [-0.39, 0.29) is 28.3 Å². The maximum absolute atomic E-state index is 15.0. The fraction of sp³-hybridized carbons (Fsp3) is 0.500. The van der Waals surface area contributed by atoms with Crippen molar-refractivity contribution in [1.82, 2.24) is 39.0 Å². The molecule has 0 amide bonds. The van der Waals surface area contributed by atoms with Crippen LogP contribution in [0, 0.1) is 5.92 Å². The quantitative estimate of drug-likeness (QED) is 0.124. The van der Waals surface area contributed by atoms with Gasteiger partial charge < -0.3 is 35.3 Å². The predicted molar refractivity (Wildman–Crippen MR) is 130 cm³/mol. The number of nitrogens with one attached hydrogen (secondary N) is 2. The van der Waals surface area contributed by atoms with E-state index in [4.69, 9.17) is 24.3 Å². The number of anilines is 1. The Labute approximate surface area is 225 Å². The first-order valence-electron chi connectivity index (χ1n) is 12.1. The Balaban J connectivity index is 1.07. The summed E-state index contributed by atoms with van der Waals surface area (Å²) < 4.78 is 52.1. The number of phosphoric acid groups is 1. The third-order valence-corrected chi connectivity index (χ3v) is 8.23. The van der Waals surface area contributed by atoms with Gasteiger partial charge in [0.05, 0.1) is 37.8 Å². The lowest BCUT2D eigenvalue weighted by molar-refractivity contribution is -0.0743. The molecule has 1 aliphatic carbocycles. The van der Waals surface area contributed by atoms with Crippen molar-refractivity contribution in [2.75, 3.05) is 12.3 Å². The van der Waals surface area contributed by atoms with E-state index in [1.807, 2.05) is 0 Å². The van der Waals surface area contributed by atoms with E-state index in [2.05, 4.69) is 29.9 Å². The van der Waals surface area contributed by atoms with Gasteiger partial charge in [-0.1, -0.05) is 0 Å². The van der Waals surface area contributed by atoms with Crippen LogP contribution in [0.5, 0.6) is 0 Å². The lowest BCUT2D eigenvalue weighted by Crippen LogP contribution is -2.32. The van der Waals surface area contributed by atoms with Gasteiger partial charge in [-0.05, 0) is 0 Å². The van der Waals surface area contributed by atoms with Gasteiger partial charge in [-0.2, -0.15) is 4.98 Å². The minimum atomic E-state index is -4.95. The molecule has 7 N–H and O–H groups in total. The Hall–Kier alpha value is -3.62. The van der Waals surface area contributed by atoms with Gasteiger partial charge in [0.25, 0.3) is 11.1 Å². The van der Waals surface area contributed by atoms with Crippen LogP contribution < -0.4 is 16.9 Å². The van der Waals surface area contributed by atoms with E-state index in [1.54, 1.807) is 0 Å². The fourth-order valence-corrected chi connectivity index (χ4v) is 6.16. The van der Waals surface area contributed by atoms with Crippen LogP contribution in [0.3, 0.4) is 0 Å². The molecule has 1 saturated carbocycles. The van der Waals surface area contributed by atoms with Crippen LogP contribution in [0.25, 0.3) is 22.3 Å². The zero-order chi connectivity index (χ0) is 28.8. The minimum Gasteiger partial charge on any atom is -0.390 e. The molecule has 0 aromatic carbocycles. The standard InChI is InChI=1S/C20H21FN9O10P/c21-7-10(31)5(38-18(7)29-3-25-8-14(29)23-2-24-16(8)33)1-37-41(35,36)40-13-6-11(32)12(6)39-19(13)30-4-26-9-15(30)27-20(22)28-17(9)34/h2-7,10-13,18-19,31-32H,1H2,(H,35,36)(H,23,24,33)(H3,22,27,28,34)/t5-,6?,7+,10-,11?,12+,13-,18+,19-/m1/s1. The van der Waals surface area contributed by atoms with Crippen LogP contribution >= 0.6 is 7.82 Å². The minimum absolute atomic E-state index is 0.00131. The van der Waals surface area contributed by atoms with Crippen molar-refractivity contribution in [3.8, 4) is 0 Å². The number of H-pyrrole nitrogens is 2. The highest BCUT2D eigenvalue weighted by Crippen LogP contribution is 2.58. The van der Waals surface area contributed by atoms with Crippen molar-refractivity contribution in [1.29, 1.82) is 0 Å². The molecule has 0 radical (unpaired) electrons. The van der Waals surface area contributed by atoms with Crippen molar-refractivity contribution < 1.29 is 42.6 Å². The molecule has 19 nitrogen and oxygen atoms in total. The zero-order valence-corrected chi connectivity index (χ0v) is 21.3. The molecule has 2 aliphatic heterocycles. The van der Waals surface area contributed by atoms with Gasteiger partial charge in [-0.15, -0.1) is 0 Å². The molecule has 0 spiro atoms. The Bertz CT molecular complexity index is 1830. The molecule has 10 atom stereocenters. The number of aliphatic hydroxyl groups excluding tert-OH is 2. The van der Waals surface area contributed by atoms with E-state index in [0.29, 0.717) is 0 Å². The molecule has 0 bridgehead atoms. The number of alkyl halides is 1. The first-order chi connectivity index (χ1) is 19.5. The number of hydrogen-bond donors (Lipinski definition) is 6. The molecule has 41 heavy (non-hydrogen) atoms. The van der Waals surface area contributed by atoms with Gasteiger partial charge in [-0.3, -0.25) is 32.8 Å². The summed E-state index contributed by atoms with van der Waals surface area (Å²) in [6, 6.07) is 0. The second kappa shape index (κ2) is 9.19. The van der Waals surface area contributed by atoms with E-state index >= 15 is 4.39 Å². The van der Waals surface area contributed by atoms with Gasteiger partial charge in [0, 0.05) is 5.92 Å². The Morgan fingerprint density at radius 2 is 1.76 bits per heavy atom. The van der Waals surface area contributed by atoms with Crippen LogP contribution in [0.1, 0.15) is 12.5 Å². The van der Waals surface area contributed by atoms with Gasteiger partial charge in [0.2, 0.25) is 5.95 Å². The Morgan fingerprint density at radius 1 is 1.05 bits per heavy atom. The number of aliphatic hydroxyl groups is 2.